The number of piperidine rings is 1. The second-order valence-electron chi connectivity index (χ2n) is 7.27. The Kier molecular flexibility index (Phi) is 5.26. The number of hydrogen-bond acceptors (Lipinski definition) is 4. The van der Waals surface area contributed by atoms with E-state index in [-0.39, 0.29) is 36.4 Å². The van der Waals surface area contributed by atoms with Gasteiger partial charge in [-0.3, -0.25) is 9.13 Å². The van der Waals surface area contributed by atoms with Gasteiger partial charge in [0, 0.05) is 19.3 Å². The van der Waals surface area contributed by atoms with Gasteiger partial charge in [0.05, 0.1) is 23.9 Å². The first-order valence-corrected chi connectivity index (χ1v) is 11.3. The molecule has 7 nitrogen and oxygen atoms in total. The molecule has 1 atom stereocenters. The van der Waals surface area contributed by atoms with Crippen LogP contribution in [0.5, 0.6) is 0 Å². The summed E-state index contributed by atoms with van der Waals surface area (Å²) >= 11 is 0. The van der Waals surface area contributed by atoms with Crippen molar-refractivity contribution in [2.24, 2.45) is 0 Å². The topological polar surface area (TPSA) is 77.2 Å². The number of hydrogen-bond donors (Lipinski definition) is 0. The zero-order chi connectivity index (χ0) is 20.6. The first-order chi connectivity index (χ1) is 13.9. The van der Waals surface area contributed by atoms with E-state index < -0.39 is 10.0 Å². The fraction of sp³-hybridized carbons (Fsp3) is 0.400. The Morgan fingerprint density at radius 3 is 2.83 bits per heavy atom. The number of nitrogens with zero attached hydrogens (tertiary/aromatic N) is 4. The lowest BCUT2D eigenvalue weighted by molar-refractivity contribution is 0.265. The number of rotatable bonds is 5. The molecule has 0 unspecified atom stereocenters. The Morgan fingerprint density at radius 1 is 1.24 bits per heavy atom. The van der Waals surface area contributed by atoms with Crippen LogP contribution in [0.25, 0.3) is 11.2 Å². The van der Waals surface area contributed by atoms with Crippen LogP contribution in [0.4, 0.5) is 4.39 Å². The van der Waals surface area contributed by atoms with Crippen molar-refractivity contribution in [3.05, 3.63) is 64.5 Å². The molecular formula is C20H23FN4O3S. The Bertz CT molecular complexity index is 1200. The van der Waals surface area contributed by atoms with E-state index in [1.54, 1.807) is 40.5 Å². The molecule has 1 aliphatic heterocycles. The van der Waals surface area contributed by atoms with E-state index in [2.05, 4.69) is 4.98 Å². The Labute approximate surface area is 168 Å². The maximum Gasteiger partial charge on any atom is 0.330 e. The number of benzene rings is 1. The second-order valence-corrected chi connectivity index (χ2v) is 9.53. The van der Waals surface area contributed by atoms with Crippen molar-refractivity contribution >= 4 is 21.2 Å². The van der Waals surface area contributed by atoms with Gasteiger partial charge in [-0.25, -0.2) is 22.6 Å². The van der Waals surface area contributed by atoms with Crippen LogP contribution in [0.1, 0.15) is 31.4 Å². The van der Waals surface area contributed by atoms with E-state index in [0.29, 0.717) is 36.1 Å². The minimum atomic E-state index is -3.33. The second kappa shape index (κ2) is 7.72. The quantitative estimate of drug-likeness (QED) is 0.637. The van der Waals surface area contributed by atoms with Crippen LogP contribution < -0.4 is 5.69 Å². The molecule has 0 N–H and O–H groups in total. The first-order valence-electron chi connectivity index (χ1n) is 9.68. The van der Waals surface area contributed by atoms with Crippen LogP contribution in [0.2, 0.25) is 0 Å². The van der Waals surface area contributed by atoms with E-state index in [0.717, 1.165) is 0 Å². The van der Waals surface area contributed by atoms with Gasteiger partial charge in [-0.15, -0.1) is 0 Å². The standard InChI is InChI=1S/C20H23FN4O3S/c1-2-29(27,28)23-11-5-8-17(14-23)25-19-18(9-4-10-22-19)24(20(25)26)13-15-6-3-7-16(21)12-15/h3-4,6-7,9-10,12,17H,2,5,8,11,13-14H2,1H3/t17-/m0/s1. The molecule has 29 heavy (non-hydrogen) atoms. The fourth-order valence-corrected chi connectivity index (χ4v) is 5.15. The van der Waals surface area contributed by atoms with Crippen molar-refractivity contribution in [2.75, 3.05) is 18.8 Å². The van der Waals surface area contributed by atoms with E-state index in [1.165, 1.54) is 16.4 Å². The zero-order valence-electron chi connectivity index (χ0n) is 16.2. The summed E-state index contributed by atoms with van der Waals surface area (Å²) in [7, 11) is -3.33. The van der Waals surface area contributed by atoms with Gasteiger partial charge in [-0.05, 0) is 49.6 Å². The van der Waals surface area contributed by atoms with Gasteiger partial charge in [-0.1, -0.05) is 12.1 Å². The highest BCUT2D eigenvalue weighted by Gasteiger charge is 2.31. The highest BCUT2D eigenvalue weighted by Crippen LogP contribution is 2.26. The third-order valence-electron chi connectivity index (χ3n) is 5.43. The van der Waals surface area contributed by atoms with Crippen molar-refractivity contribution in [1.29, 1.82) is 0 Å². The molecular weight excluding hydrogens is 395 g/mol. The molecule has 0 saturated carbocycles. The summed E-state index contributed by atoms with van der Waals surface area (Å²) in [5.41, 5.74) is 1.59. The number of fused-ring (bicyclic) bond motifs is 1. The van der Waals surface area contributed by atoms with Gasteiger partial charge in [0.1, 0.15) is 5.82 Å². The maximum absolute atomic E-state index is 13.6. The molecule has 9 heteroatoms. The number of pyridine rings is 1. The lowest BCUT2D eigenvalue weighted by Gasteiger charge is -2.32. The monoisotopic (exact) mass is 418 g/mol. The fourth-order valence-electron chi connectivity index (χ4n) is 3.98. The zero-order valence-corrected chi connectivity index (χ0v) is 17.0. The van der Waals surface area contributed by atoms with Crippen LogP contribution >= 0.6 is 0 Å². The van der Waals surface area contributed by atoms with Crippen LogP contribution in [0, 0.1) is 5.82 Å². The van der Waals surface area contributed by atoms with E-state index in [1.807, 2.05) is 6.07 Å². The molecule has 0 radical (unpaired) electrons. The highest BCUT2D eigenvalue weighted by atomic mass is 32.2. The molecule has 1 saturated heterocycles. The molecule has 3 heterocycles. The average Bonchev–Trinajstić information content (AvgIpc) is 3.00. The first kappa shape index (κ1) is 19.8. The normalized spacial score (nSPS) is 18.3. The molecule has 154 valence electrons. The molecule has 0 aliphatic carbocycles. The number of sulfonamides is 1. The largest absolute Gasteiger partial charge is 0.330 e. The van der Waals surface area contributed by atoms with Crippen molar-refractivity contribution in [2.45, 2.75) is 32.4 Å². The highest BCUT2D eigenvalue weighted by molar-refractivity contribution is 7.89. The minimum absolute atomic E-state index is 0.0359. The van der Waals surface area contributed by atoms with Gasteiger partial charge in [0.25, 0.3) is 0 Å². The Hall–Kier alpha value is -2.52. The predicted molar refractivity (Wildman–Crippen MR) is 109 cm³/mol. The van der Waals surface area contributed by atoms with Crippen molar-refractivity contribution in [1.82, 2.24) is 18.4 Å². The smallest absolute Gasteiger partial charge is 0.286 e. The Balaban J connectivity index is 1.78. The summed E-state index contributed by atoms with van der Waals surface area (Å²) in [6.45, 7) is 2.57. The van der Waals surface area contributed by atoms with Crippen molar-refractivity contribution in [3.63, 3.8) is 0 Å². The molecule has 0 bridgehead atoms. The molecule has 2 aromatic heterocycles. The molecule has 4 rings (SSSR count). The van der Waals surface area contributed by atoms with E-state index in [4.69, 9.17) is 0 Å². The lowest BCUT2D eigenvalue weighted by atomic mass is 10.1. The molecule has 0 spiro atoms. The van der Waals surface area contributed by atoms with Gasteiger partial charge < -0.3 is 0 Å². The third-order valence-corrected chi connectivity index (χ3v) is 7.28. The third kappa shape index (κ3) is 3.72. The summed E-state index contributed by atoms with van der Waals surface area (Å²) in [6, 6.07) is 9.42. The minimum Gasteiger partial charge on any atom is -0.286 e. The summed E-state index contributed by atoms with van der Waals surface area (Å²) < 4.78 is 42.9. The van der Waals surface area contributed by atoms with Crippen molar-refractivity contribution < 1.29 is 12.8 Å². The van der Waals surface area contributed by atoms with Crippen molar-refractivity contribution in [3.8, 4) is 0 Å². The summed E-state index contributed by atoms with van der Waals surface area (Å²) in [4.78, 5) is 17.7. The van der Waals surface area contributed by atoms with Crippen LogP contribution in [0.3, 0.4) is 0 Å². The molecule has 1 aromatic carbocycles. The number of aromatic nitrogens is 3. The molecule has 1 aliphatic rings. The molecule has 1 fully saturated rings. The molecule has 3 aromatic rings. The van der Waals surface area contributed by atoms with E-state index in [9.17, 15) is 17.6 Å². The average molecular weight is 418 g/mol. The lowest BCUT2D eigenvalue weighted by Crippen LogP contribution is -2.43. The summed E-state index contributed by atoms with van der Waals surface area (Å²) in [5.74, 6) is -0.320. The van der Waals surface area contributed by atoms with Gasteiger partial charge >= 0.3 is 5.69 Å². The SMILES string of the molecule is CCS(=O)(=O)N1CCC[C@H](n2c(=O)n(Cc3cccc(F)c3)c3cccnc32)C1. The summed E-state index contributed by atoms with van der Waals surface area (Å²) in [5, 5.41) is 0. The van der Waals surface area contributed by atoms with Crippen LogP contribution in [0.15, 0.2) is 47.4 Å². The summed E-state index contributed by atoms with van der Waals surface area (Å²) in [6.07, 6.45) is 3.00. The van der Waals surface area contributed by atoms with Gasteiger partial charge in [0.2, 0.25) is 10.0 Å². The maximum atomic E-state index is 13.6. The predicted octanol–water partition coefficient (Wildman–Crippen LogP) is 2.37. The number of halogens is 1. The van der Waals surface area contributed by atoms with Gasteiger partial charge in [-0.2, -0.15) is 4.31 Å². The molecule has 0 amide bonds. The van der Waals surface area contributed by atoms with Crippen LogP contribution in [-0.4, -0.2) is 45.7 Å². The van der Waals surface area contributed by atoms with Crippen LogP contribution in [-0.2, 0) is 16.6 Å². The number of imidazole rings is 1. The van der Waals surface area contributed by atoms with Gasteiger partial charge in [0.15, 0.2) is 5.65 Å². The Morgan fingerprint density at radius 2 is 2.07 bits per heavy atom. The van der Waals surface area contributed by atoms with E-state index >= 15 is 0 Å².